The van der Waals surface area contributed by atoms with E-state index in [1.165, 1.54) is 23.5 Å². The average Bonchev–Trinajstić information content (AvgIpc) is 3.29. The molecular weight excluding hydrogens is 618 g/mol. The summed E-state index contributed by atoms with van der Waals surface area (Å²) in [5.41, 5.74) is 6.08. The molecule has 0 saturated heterocycles. The van der Waals surface area contributed by atoms with Gasteiger partial charge < -0.3 is 5.11 Å². The van der Waals surface area contributed by atoms with Crippen LogP contribution in [0.15, 0.2) is 85.9 Å². The summed E-state index contributed by atoms with van der Waals surface area (Å²) < 4.78 is 3.24. The number of nitrogens with one attached hydrogen (secondary N) is 1. The first kappa shape index (κ1) is 27.1. The molecular formula is C27H25Br2N5O2S. The first-order valence-corrected chi connectivity index (χ1v) is 13.9. The van der Waals surface area contributed by atoms with Gasteiger partial charge in [-0.05, 0) is 51.2 Å². The van der Waals surface area contributed by atoms with E-state index in [1.807, 2.05) is 34.9 Å². The van der Waals surface area contributed by atoms with Crippen LogP contribution in [0.25, 0.3) is 17.1 Å². The molecule has 0 aliphatic rings. The fourth-order valence-corrected chi connectivity index (χ4v) is 5.50. The predicted octanol–water partition coefficient (Wildman–Crippen LogP) is 6.70. The smallest absolute Gasteiger partial charge is 0.250 e. The quantitative estimate of drug-likeness (QED) is 0.133. The van der Waals surface area contributed by atoms with Crippen LogP contribution < -0.4 is 5.43 Å². The zero-order valence-electron chi connectivity index (χ0n) is 20.4. The second kappa shape index (κ2) is 11.6. The summed E-state index contributed by atoms with van der Waals surface area (Å²) in [5.74, 6) is 0.505. The van der Waals surface area contributed by atoms with Gasteiger partial charge in [0.25, 0.3) is 5.91 Å². The largest absolute Gasteiger partial charge is 0.506 e. The Kier molecular flexibility index (Phi) is 8.51. The van der Waals surface area contributed by atoms with Crippen LogP contribution in [0.5, 0.6) is 5.75 Å². The number of nitrogens with zero attached hydrogens (tertiary/aromatic N) is 4. The van der Waals surface area contributed by atoms with Gasteiger partial charge in [-0.1, -0.05) is 90.9 Å². The Hall–Kier alpha value is -2.95. The molecule has 4 aromatic rings. The second-order valence-electron chi connectivity index (χ2n) is 9.21. The van der Waals surface area contributed by atoms with Gasteiger partial charge in [0, 0.05) is 21.3 Å². The summed E-state index contributed by atoms with van der Waals surface area (Å²) in [7, 11) is 0. The van der Waals surface area contributed by atoms with Crippen molar-refractivity contribution in [3.05, 3.63) is 86.8 Å². The minimum Gasteiger partial charge on any atom is -0.506 e. The fourth-order valence-electron chi connectivity index (χ4n) is 3.50. The number of para-hydroxylation sites is 1. The zero-order chi connectivity index (χ0) is 26.6. The lowest BCUT2D eigenvalue weighted by Crippen LogP contribution is -2.20. The van der Waals surface area contributed by atoms with E-state index in [4.69, 9.17) is 0 Å². The van der Waals surface area contributed by atoms with Gasteiger partial charge in [0.15, 0.2) is 11.0 Å². The first-order chi connectivity index (χ1) is 17.6. The van der Waals surface area contributed by atoms with Crippen molar-refractivity contribution in [2.24, 2.45) is 5.10 Å². The molecule has 2 N–H and O–H groups in total. The number of carbonyl (C=O) groups is 1. The van der Waals surface area contributed by atoms with Crippen LogP contribution in [-0.4, -0.2) is 37.7 Å². The molecule has 10 heteroatoms. The summed E-state index contributed by atoms with van der Waals surface area (Å²) in [6.45, 7) is 6.54. The number of rotatable bonds is 7. The molecule has 0 fully saturated rings. The van der Waals surface area contributed by atoms with Crippen LogP contribution in [0, 0.1) is 0 Å². The van der Waals surface area contributed by atoms with Gasteiger partial charge in [0.1, 0.15) is 5.75 Å². The molecule has 4 rings (SSSR count). The summed E-state index contributed by atoms with van der Waals surface area (Å²) in [4.78, 5) is 12.5. The van der Waals surface area contributed by atoms with Crippen LogP contribution in [0.1, 0.15) is 31.9 Å². The summed E-state index contributed by atoms with van der Waals surface area (Å²) in [6.07, 6.45) is 1.39. The van der Waals surface area contributed by atoms with E-state index in [9.17, 15) is 9.90 Å². The molecule has 1 heterocycles. The number of halogens is 2. The Balaban J connectivity index is 1.52. The molecule has 37 heavy (non-hydrogen) atoms. The molecule has 0 atom stereocenters. The third kappa shape index (κ3) is 6.68. The van der Waals surface area contributed by atoms with Crippen molar-refractivity contribution < 1.29 is 9.90 Å². The Morgan fingerprint density at radius 3 is 2.46 bits per heavy atom. The van der Waals surface area contributed by atoms with Crippen LogP contribution in [0.3, 0.4) is 0 Å². The summed E-state index contributed by atoms with van der Waals surface area (Å²) in [6, 6.07) is 21.6. The number of hydrazone groups is 1. The number of hydrogen-bond donors (Lipinski definition) is 2. The lowest BCUT2D eigenvalue weighted by molar-refractivity contribution is -0.118. The van der Waals surface area contributed by atoms with Crippen molar-refractivity contribution in [2.45, 2.75) is 31.3 Å². The van der Waals surface area contributed by atoms with E-state index in [1.54, 1.807) is 12.1 Å². The fraction of sp³-hybridized carbons (Fsp3) is 0.185. The highest BCUT2D eigenvalue weighted by Crippen LogP contribution is 2.31. The zero-order valence-corrected chi connectivity index (χ0v) is 24.4. The van der Waals surface area contributed by atoms with E-state index in [0.29, 0.717) is 21.0 Å². The number of thioether (sulfide) groups is 1. The number of amides is 1. The van der Waals surface area contributed by atoms with Crippen LogP contribution in [-0.2, 0) is 10.2 Å². The minimum absolute atomic E-state index is 0.0367. The third-order valence-corrected chi connectivity index (χ3v) is 7.43. The molecule has 190 valence electrons. The van der Waals surface area contributed by atoms with Gasteiger partial charge >= 0.3 is 0 Å². The van der Waals surface area contributed by atoms with Gasteiger partial charge in [-0.15, -0.1) is 10.2 Å². The van der Waals surface area contributed by atoms with Crippen LogP contribution >= 0.6 is 43.6 Å². The van der Waals surface area contributed by atoms with E-state index in [2.05, 4.69) is 97.6 Å². The van der Waals surface area contributed by atoms with Crippen molar-refractivity contribution in [3.8, 4) is 22.8 Å². The van der Waals surface area contributed by atoms with Crippen molar-refractivity contribution in [3.63, 3.8) is 0 Å². The maximum atomic E-state index is 12.5. The van der Waals surface area contributed by atoms with Gasteiger partial charge in [-0.25, -0.2) is 5.43 Å². The number of hydrogen-bond acceptors (Lipinski definition) is 6. The number of aromatic nitrogens is 3. The molecule has 0 aliphatic carbocycles. The molecule has 0 saturated carbocycles. The Morgan fingerprint density at radius 2 is 1.78 bits per heavy atom. The summed E-state index contributed by atoms with van der Waals surface area (Å²) in [5, 5.41) is 23.5. The number of phenolic OH excluding ortho intramolecular Hbond substituents is 1. The van der Waals surface area contributed by atoms with Crippen molar-refractivity contribution in [1.82, 2.24) is 20.2 Å². The topological polar surface area (TPSA) is 92.4 Å². The maximum Gasteiger partial charge on any atom is 0.250 e. The van der Waals surface area contributed by atoms with Crippen LogP contribution in [0.2, 0.25) is 0 Å². The number of aromatic hydroxyl groups is 1. The van der Waals surface area contributed by atoms with E-state index in [0.717, 1.165) is 15.7 Å². The predicted molar refractivity (Wildman–Crippen MR) is 155 cm³/mol. The molecule has 7 nitrogen and oxygen atoms in total. The SMILES string of the molecule is CC(C)(C)c1ccc(-c2nnc(SCC(=O)N/N=C\c3cc(Br)cc(Br)c3O)n2-c2ccccc2)cc1. The van der Waals surface area contributed by atoms with Crippen LogP contribution in [0.4, 0.5) is 0 Å². The van der Waals surface area contributed by atoms with Gasteiger partial charge in [-0.2, -0.15) is 5.10 Å². The maximum absolute atomic E-state index is 12.5. The highest BCUT2D eigenvalue weighted by Gasteiger charge is 2.19. The average molecular weight is 643 g/mol. The highest BCUT2D eigenvalue weighted by molar-refractivity contribution is 9.11. The van der Waals surface area contributed by atoms with Crippen molar-refractivity contribution >= 4 is 55.7 Å². The molecule has 0 unspecified atom stereocenters. The molecule has 1 aromatic heterocycles. The molecule has 1 amide bonds. The number of carbonyl (C=O) groups excluding carboxylic acids is 1. The molecule has 0 aliphatic heterocycles. The third-order valence-electron chi connectivity index (χ3n) is 5.44. The first-order valence-electron chi connectivity index (χ1n) is 11.4. The van der Waals surface area contributed by atoms with Gasteiger partial charge in [-0.3, -0.25) is 9.36 Å². The van der Waals surface area contributed by atoms with E-state index < -0.39 is 0 Å². The van der Waals surface area contributed by atoms with Crippen molar-refractivity contribution in [1.29, 1.82) is 0 Å². The molecule has 3 aromatic carbocycles. The second-order valence-corrected chi connectivity index (χ2v) is 11.9. The number of benzene rings is 3. The molecule has 0 bridgehead atoms. The van der Waals surface area contributed by atoms with Crippen molar-refractivity contribution in [2.75, 3.05) is 5.75 Å². The lowest BCUT2D eigenvalue weighted by Gasteiger charge is -2.19. The van der Waals surface area contributed by atoms with E-state index in [-0.39, 0.29) is 22.8 Å². The molecule has 0 radical (unpaired) electrons. The van der Waals surface area contributed by atoms with E-state index >= 15 is 0 Å². The Bertz CT molecular complexity index is 1430. The normalized spacial score (nSPS) is 11.7. The lowest BCUT2D eigenvalue weighted by atomic mass is 9.87. The highest BCUT2D eigenvalue weighted by atomic mass is 79.9. The van der Waals surface area contributed by atoms with Gasteiger partial charge in [0.2, 0.25) is 0 Å². The van der Waals surface area contributed by atoms with Gasteiger partial charge in [0.05, 0.1) is 16.4 Å². The molecule has 0 spiro atoms. The monoisotopic (exact) mass is 641 g/mol. The summed E-state index contributed by atoms with van der Waals surface area (Å²) >= 11 is 7.91. The standard InChI is InChI=1S/C27H25Br2N5O2S/c1-27(2,3)19-11-9-17(10-12-19)25-32-33-26(34(25)21-7-5-4-6-8-21)37-16-23(35)31-30-15-18-13-20(28)14-22(29)24(18)36/h4-15,36H,16H2,1-3H3,(H,31,35)/b30-15-. The Morgan fingerprint density at radius 1 is 1.08 bits per heavy atom. The Labute approximate surface area is 236 Å². The minimum atomic E-state index is -0.312. The number of phenols is 1.